The molecule has 3 aromatic carbocycles. The summed E-state index contributed by atoms with van der Waals surface area (Å²) in [4.78, 5) is 31.7. The Kier molecular flexibility index (Phi) is 8.55. The number of hydrogen-bond donors (Lipinski definition) is 0. The lowest BCUT2D eigenvalue weighted by Crippen LogP contribution is -2.43. The second-order valence-electron chi connectivity index (χ2n) is 9.49. The predicted molar refractivity (Wildman–Crippen MR) is 147 cm³/mol. The Labute approximate surface area is 215 Å². The molecule has 36 heavy (non-hydrogen) atoms. The molecule has 0 radical (unpaired) electrons. The highest BCUT2D eigenvalue weighted by Crippen LogP contribution is 2.33. The van der Waals surface area contributed by atoms with E-state index < -0.39 is 0 Å². The summed E-state index contributed by atoms with van der Waals surface area (Å²) in [6.07, 6.45) is 2.05. The van der Waals surface area contributed by atoms with E-state index in [1.54, 1.807) is 6.92 Å². The standard InChI is InChI=1S/C31H37N3O2/c1-4-33(5-2)31(36)26-14-16-28(17-15-26)34(30-13-9-12-27(22-30)24(3)35)29-18-20-32(21-19-29)23-25-10-7-6-8-11-25/h6-17,22,29H,4-5,18-21,23H2,1-3H3. The number of piperidine rings is 1. The maximum atomic E-state index is 12.8. The largest absolute Gasteiger partial charge is 0.339 e. The third-order valence-electron chi connectivity index (χ3n) is 7.15. The number of nitrogens with zero attached hydrogens (tertiary/aromatic N) is 3. The Balaban J connectivity index is 1.58. The quantitative estimate of drug-likeness (QED) is 0.341. The van der Waals surface area contributed by atoms with Crippen molar-refractivity contribution in [3.8, 4) is 0 Å². The number of carbonyl (C=O) groups excluding carboxylic acids is 2. The van der Waals surface area contributed by atoms with Crippen molar-refractivity contribution in [3.05, 3.63) is 95.6 Å². The number of anilines is 2. The van der Waals surface area contributed by atoms with Crippen molar-refractivity contribution in [2.24, 2.45) is 0 Å². The van der Waals surface area contributed by atoms with Gasteiger partial charge in [0.25, 0.3) is 5.91 Å². The van der Waals surface area contributed by atoms with Crippen molar-refractivity contribution in [1.29, 1.82) is 0 Å². The first-order valence-electron chi connectivity index (χ1n) is 13.1. The number of hydrogen-bond acceptors (Lipinski definition) is 4. The molecule has 188 valence electrons. The fourth-order valence-electron chi connectivity index (χ4n) is 5.08. The molecule has 1 fully saturated rings. The number of rotatable bonds is 9. The number of amides is 1. The summed E-state index contributed by atoms with van der Waals surface area (Å²) in [6.45, 7) is 10.0. The second kappa shape index (κ2) is 12.0. The molecule has 0 aromatic heterocycles. The third kappa shape index (κ3) is 6.03. The van der Waals surface area contributed by atoms with Crippen LogP contribution in [0.2, 0.25) is 0 Å². The van der Waals surface area contributed by atoms with Crippen LogP contribution >= 0.6 is 0 Å². The zero-order valence-corrected chi connectivity index (χ0v) is 21.7. The molecule has 3 aromatic rings. The fourth-order valence-corrected chi connectivity index (χ4v) is 5.08. The van der Waals surface area contributed by atoms with Gasteiger partial charge in [-0.15, -0.1) is 0 Å². The average Bonchev–Trinajstić information content (AvgIpc) is 2.91. The third-order valence-corrected chi connectivity index (χ3v) is 7.15. The number of ketones is 1. The first-order valence-corrected chi connectivity index (χ1v) is 13.1. The average molecular weight is 484 g/mol. The molecule has 0 unspecified atom stereocenters. The van der Waals surface area contributed by atoms with Gasteiger partial charge in [-0.05, 0) is 75.6 Å². The van der Waals surface area contributed by atoms with Gasteiger partial charge in [-0.3, -0.25) is 14.5 Å². The van der Waals surface area contributed by atoms with Crippen molar-refractivity contribution >= 4 is 23.1 Å². The van der Waals surface area contributed by atoms with Crippen molar-refractivity contribution in [3.63, 3.8) is 0 Å². The lowest BCUT2D eigenvalue weighted by atomic mass is 9.99. The van der Waals surface area contributed by atoms with E-state index in [0.717, 1.165) is 43.9 Å². The lowest BCUT2D eigenvalue weighted by Gasteiger charge is -2.40. The molecule has 1 amide bonds. The van der Waals surface area contributed by atoms with Crippen molar-refractivity contribution in [1.82, 2.24) is 9.80 Å². The second-order valence-corrected chi connectivity index (χ2v) is 9.49. The van der Waals surface area contributed by atoms with Crippen LogP contribution in [0.5, 0.6) is 0 Å². The van der Waals surface area contributed by atoms with Gasteiger partial charge in [0.2, 0.25) is 0 Å². The van der Waals surface area contributed by atoms with Crippen LogP contribution in [0, 0.1) is 0 Å². The van der Waals surface area contributed by atoms with Crippen LogP contribution < -0.4 is 4.90 Å². The molecule has 1 heterocycles. The van der Waals surface area contributed by atoms with Crippen molar-refractivity contribution in [2.75, 3.05) is 31.1 Å². The van der Waals surface area contributed by atoms with Crippen molar-refractivity contribution in [2.45, 2.75) is 46.2 Å². The predicted octanol–water partition coefficient (Wildman–Crippen LogP) is 6.17. The van der Waals surface area contributed by atoms with Gasteiger partial charge in [0.1, 0.15) is 0 Å². The van der Waals surface area contributed by atoms with Crippen LogP contribution in [0.4, 0.5) is 11.4 Å². The van der Waals surface area contributed by atoms with Crippen LogP contribution in [0.1, 0.15) is 59.9 Å². The van der Waals surface area contributed by atoms with Crippen LogP contribution in [0.15, 0.2) is 78.9 Å². The van der Waals surface area contributed by atoms with Crippen LogP contribution in [0.25, 0.3) is 0 Å². The number of carbonyl (C=O) groups is 2. The van der Waals surface area contributed by atoms with Gasteiger partial charge in [-0.2, -0.15) is 0 Å². The fraction of sp³-hybridized carbons (Fsp3) is 0.355. The lowest BCUT2D eigenvalue weighted by molar-refractivity contribution is 0.0772. The number of benzene rings is 3. The summed E-state index contributed by atoms with van der Waals surface area (Å²) in [5.74, 6) is 0.126. The molecule has 0 aliphatic carbocycles. The molecule has 0 saturated carbocycles. The molecule has 1 saturated heterocycles. The van der Waals surface area contributed by atoms with E-state index in [1.807, 2.05) is 61.2 Å². The van der Waals surface area contributed by atoms with Gasteiger partial charge < -0.3 is 9.80 Å². The highest BCUT2D eigenvalue weighted by molar-refractivity contribution is 5.96. The summed E-state index contributed by atoms with van der Waals surface area (Å²) in [7, 11) is 0. The van der Waals surface area contributed by atoms with E-state index in [9.17, 15) is 9.59 Å². The Hall–Kier alpha value is -3.44. The van der Waals surface area contributed by atoms with Gasteiger partial charge in [-0.25, -0.2) is 0 Å². The highest BCUT2D eigenvalue weighted by atomic mass is 16.2. The van der Waals surface area contributed by atoms with E-state index in [-0.39, 0.29) is 11.7 Å². The van der Waals surface area contributed by atoms with Crippen LogP contribution in [-0.4, -0.2) is 53.7 Å². The smallest absolute Gasteiger partial charge is 0.253 e. The highest BCUT2D eigenvalue weighted by Gasteiger charge is 2.27. The van der Waals surface area contributed by atoms with Crippen LogP contribution in [0.3, 0.4) is 0 Å². The van der Waals surface area contributed by atoms with E-state index in [2.05, 4.69) is 46.2 Å². The van der Waals surface area contributed by atoms with E-state index >= 15 is 0 Å². The maximum Gasteiger partial charge on any atom is 0.253 e. The zero-order valence-electron chi connectivity index (χ0n) is 21.7. The first kappa shape index (κ1) is 25.6. The van der Waals surface area contributed by atoms with Gasteiger partial charge in [-0.1, -0.05) is 42.5 Å². The Morgan fingerprint density at radius 3 is 2.08 bits per heavy atom. The van der Waals surface area contributed by atoms with Crippen molar-refractivity contribution < 1.29 is 9.59 Å². The van der Waals surface area contributed by atoms with Crippen LogP contribution in [-0.2, 0) is 6.54 Å². The molecule has 0 atom stereocenters. The van der Waals surface area contributed by atoms with E-state index in [1.165, 1.54) is 5.56 Å². The van der Waals surface area contributed by atoms with Gasteiger partial charge >= 0.3 is 0 Å². The topological polar surface area (TPSA) is 43.9 Å². The minimum atomic E-state index is 0.0610. The molecular weight excluding hydrogens is 446 g/mol. The Morgan fingerprint density at radius 2 is 1.47 bits per heavy atom. The molecule has 0 spiro atoms. The molecule has 0 bridgehead atoms. The zero-order chi connectivity index (χ0) is 25.5. The minimum absolute atomic E-state index is 0.0610. The molecular formula is C31H37N3O2. The molecule has 1 aliphatic heterocycles. The SMILES string of the molecule is CCN(CC)C(=O)c1ccc(N(c2cccc(C(C)=O)c2)C2CCN(Cc3ccccc3)CC2)cc1. The first-order chi connectivity index (χ1) is 17.5. The van der Waals surface area contributed by atoms with Gasteiger partial charge in [0.05, 0.1) is 0 Å². The number of likely N-dealkylation sites (tertiary alicyclic amines) is 1. The minimum Gasteiger partial charge on any atom is -0.339 e. The summed E-state index contributed by atoms with van der Waals surface area (Å²) >= 11 is 0. The normalized spacial score (nSPS) is 14.4. The number of Topliss-reactive ketones (excluding diaryl/α,β-unsaturated/α-hetero) is 1. The Morgan fingerprint density at radius 1 is 0.806 bits per heavy atom. The van der Waals surface area contributed by atoms with E-state index in [0.29, 0.717) is 30.3 Å². The van der Waals surface area contributed by atoms with Gasteiger partial charge in [0, 0.05) is 61.3 Å². The molecule has 4 rings (SSSR count). The molecule has 5 nitrogen and oxygen atoms in total. The summed E-state index contributed by atoms with van der Waals surface area (Å²) < 4.78 is 0. The summed E-state index contributed by atoms with van der Waals surface area (Å²) in [5, 5.41) is 0. The molecule has 5 heteroatoms. The summed E-state index contributed by atoms with van der Waals surface area (Å²) in [6, 6.07) is 26.8. The summed E-state index contributed by atoms with van der Waals surface area (Å²) in [5.41, 5.74) is 4.83. The Bertz CT molecular complexity index is 1150. The molecule has 1 aliphatic rings. The van der Waals surface area contributed by atoms with Gasteiger partial charge in [0.15, 0.2) is 5.78 Å². The molecule has 0 N–H and O–H groups in total. The monoisotopic (exact) mass is 483 g/mol. The van der Waals surface area contributed by atoms with E-state index in [4.69, 9.17) is 0 Å². The maximum absolute atomic E-state index is 12.8.